The number of hydrogen-bond donors (Lipinski definition) is 1. The summed E-state index contributed by atoms with van der Waals surface area (Å²) in [5, 5.41) is 9.34. The summed E-state index contributed by atoms with van der Waals surface area (Å²) in [7, 11) is 0. The molecule has 98 valence electrons. The number of carbonyl (C=O) groups excluding carboxylic acids is 1. The van der Waals surface area contributed by atoms with Gasteiger partial charge in [0, 0.05) is 13.1 Å². The summed E-state index contributed by atoms with van der Waals surface area (Å²) in [5.74, 6) is -0.778. The van der Waals surface area contributed by atoms with Crippen LogP contribution < -0.4 is 0 Å². The van der Waals surface area contributed by atoms with Crippen molar-refractivity contribution in [2.24, 2.45) is 29.6 Å². The number of likely N-dealkylation sites (tertiary alicyclic amines) is 1. The van der Waals surface area contributed by atoms with E-state index in [1.807, 2.05) is 17.1 Å². The van der Waals surface area contributed by atoms with E-state index in [2.05, 4.69) is 6.92 Å². The fraction of sp³-hybridized carbons (Fsp3) is 0.714. The Morgan fingerprint density at radius 1 is 1.22 bits per heavy atom. The van der Waals surface area contributed by atoms with Crippen molar-refractivity contribution in [1.82, 2.24) is 4.90 Å². The molecule has 0 aromatic rings. The standard InChI is InChI=1S/C14H19NO3/c1-8-4-5-15(7-8)13(16)11-9-2-3-10(6-9)12(11)14(17)18/h2-3,8-12H,4-7H2,1H3,(H,17,18)/t8?,9?,10?,11-,12+/m0/s1. The predicted molar refractivity (Wildman–Crippen MR) is 65.7 cm³/mol. The van der Waals surface area contributed by atoms with Gasteiger partial charge < -0.3 is 10.0 Å². The highest BCUT2D eigenvalue weighted by atomic mass is 16.4. The van der Waals surface area contributed by atoms with Crippen LogP contribution in [0.3, 0.4) is 0 Å². The Morgan fingerprint density at radius 2 is 1.89 bits per heavy atom. The van der Waals surface area contributed by atoms with E-state index in [9.17, 15) is 14.7 Å². The number of nitrogens with zero attached hydrogens (tertiary/aromatic N) is 1. The van der Waals surface area contributed by atoms with E-state index in [1.54, 1.807) is 0 Å². The number of carbonyl (C=O) groups is 2. The van der Waals surface area contributed by atoms with Crippen LogP contribution >= 0.6 is 0 Å². The van der Waals surface area contributed by atoms with Crippen LogP contribution in [0, 0.1) is 29.6 Å². The van der Waals surface area contributed by atoms with Gasteiger partial charge in [0.1, 0.15) is 0 Å². The van der Waals surface area contributed by atoms with Gasteiger partial charge >= 0.3 is 5.97 Å². The van der Waals surface area contributed by atoms with Gasteiger partial charge in [-0.25, -0.2) is 0 Å². The Balaban J connectivity index is 1.80. The van der Waals surface area contributed by atoms with Gasteiger partial charge in [0.2, 0.25) is 5.91 Å². The fourth-order valence-corrected chi connectivity index (χ4v) is 3.84. The molecular formula is C14H19NO3. The average Bonchev–Trinajstić information content (AvgIpc) is 3.01. The zero-order chi connectivity index (χ0) is 12.9. The van der Waals surface area contributed by atoms with Crippen LogP contribution in [0.25, 0.3) is 0 Å². The number of hydrogen-bond acceptors (Lipinski definition) is 2. The Labute approximate surface area is 107 Å². The molecule has 2 fully saturated rings. The molecule has 0 spiro atoms. The molecule has 0 aromatic heterocycles. The molecule has 1 aliphatic heterocycles. The van der Waals surface area contributed by atoms with Gasteiger partial charge in [0.25, 0.3) is 0 Å². The van der Waals surface area contributed by atoms with Crippen LogP contribution in [0.1, 0.15) is 19.8 Å². The van der Waals surface area contributed by atoms with Crippen molar-refractivity contribution in [3.8, 4) is 0 Å². The second-order valence-electron chi connectivity index (χ2n) is 6.02. The summed E-state index contributed by atoms with van der Waals surface area (Å²) >= 11 is 0. The molecule has 0 radical (unpaired) electrons. The first-order valence-corrected chi connectivity index (χ1v) is 6.78. The lowest BCUT2D eigenvalue weighted by Gasteiger charge is -2.28. The van der Waals surface area contributed by atoms with Crippen LogP contribution in [0.4, 0.5) is 0 Å². The predicted octanol–water partition coefficient (Wildman–Crippen LogP) is 1.38. The van der Waals surface area contributed by atoms with Gasteiger partial charge in [0.05, 0.1) is 11.8 Å². The van der Waals surface area contributed by atoms with Crippen molar-refractivity contribution in [3.05, 3.63) is 12.2 Å². The number of fused-ring (bicyclic) bond motifs is 2. The maximum absolute atomic E-state index is 12.5. The lowest BCUT2D eigenvalue weighted by Crippen LogP contribution is -2.41. The van der Waals surface area contributed by atoms with Crippen molar-refractivity contribution < 1.29 is 14.7 Å². The molecule has 1 N–H and O–H groups in total. The molecule has 0 aromatic carbocycles. The monoisotopic (exact) mass is 249 g/mol. The molecule has 4 nitrogen and oxygen atoms in total. The van der Waals surface area contributed by atoms with Crippen molar-refractivity contribution in [3.63, 3.8) is 0 Å². The Kier molecular flexibility index (Phi) is 2.68. The van der Waals surface area contributed by atoms with Gasteiger partial charge in [0.15, 0.2) is 0 Å². The van der Waals surface area contributed by atoms with Gasteiger partial charge in [-0.3, -0.25) is 9.59 Å². The van der Waals surface area contributed by atoms with Gasteiger partial charge in [-0.15, -0.1) is 0 Å². The Hall–Kier alpha value is -1.32. The number of carboxylic acid groups (broad SMARTS) is 1. The molecule has 1 saturated heterocycles. The van der Waals surface area contributed by atoms with Crippen molar-refractivity contribution in [2.75, 3.05) is 13.1 Å². The molecular weight excluding hydrogens is 230 g/mol. The summed E-state index contributed by atoms with van der Waals surface area (Å²) < 4.78 is 0. The maximum atomic E-state index is 12.5. The first-order chi connectivity index (χ1) is 8.58. The smallest absolute Gasteiger partial charge is 0.307 e. The Morgan fingerprint density at radius 3 is 2.44 bits per heavy atom. The summed E-state index contributed by atoms with van der Waals surface area (Å²) in [5.41, 5.74) is 0. The molecule has 3 unspecified atom stereocenters. The summed E-state index contributed by atoms with van der Waals surface area (Å²) in [6, 6.07) is 0. The lowest BCUT2D eigenvalue weighted by atomic mass is 9.82. The first-order valence-electron chi connectivity index (χ1n) is 6.78. The first kappa shape index (κ1) is 11.8. The molecule has 1 amide bonds. The molecule has 2 aliphatic carbocycles. The minimum atomic E-state index is -0.808. The van der Waals surface area contributed by atoms with Crippen molar-refractivity contribution in [1.29, 1.82) is 0 Å². The molecule has 18 heavy (non-hydrogen) atoms. The molecule has 1 heterocycles. The third kappa shape index (κ3) is 1.66. The highest BCUT2D eigenvalue weighted by molar-refractivity contribution is 5.87. The fourth-order valence-electron chi connectivity index (χ4n) is 3.84. The summed E-state index contributed by atoms with van der Waals surface area (Å²) in [6.07, 6.45) is 5.92. The van der Waals surface area contributed by atoms with E-state index >= 15 is 0 Å². The van der Waals surface area contributed by atoms with Gasteiger partial charge in [-0.1, -0.05) is 19.1 Å². The second-order valence-corrected chi connectivity index (χ2v) is 6.02. The third-order valence-corrected chi connectivity index (χ3v) is 4.77. The van der Waals surface area contributed by atoms with E-state index in [4.69, 9.17) is 0 Å². The van der Waals surface area contributed by atoms with Crippen LogP contribution in [-0.2, 0) is 9.59 Å². The highest BCUT2D eigenvalue weighted by Gasteiger charge is 2.52. The van der Waals surface area contributed by atoms with Crippen molar-refractivity contribution in [2.45, 2.75) is 19.8 Å². The zero-order valence-corrected chi connectivity index (χ0v) is 10.6. The number of amides is 1. The number of aliphatic carboxylic acids is 1. The minimum Gasteiger partial charge on any atom is -0.481 e. The summed E-state index contributed by atoms with van der Waals surface area (Å²) in [6.45, 7) is 3.73. The molecule has 1 saturated carbocycles. The average molecular weight is 249 g/mol. The van der Waals surface area contributed by atoms with Crippen LogP contribution in [-0.4, -0.2) is 35.0 Å². The summed E-state index contributed by atoms with van der Waals surface area (Å²) in [4.78, 5) is 25.8. The van der Waals surface area contributed by atoms with E-state index in [1.165, 1.54) is 0 Å². The van der Waals surface area contributed by atoms with E-state index in [0.29, 0.717) is 5.92 Å². The quantitative estimate of drug-likeness (QED) is 0.752. The van der Waals surface area contributed by atoms with Crippen LogP contribution in [0.5, 0.6) is 0 Å². The molecule has 3 rings (SSSR count). The molecule has 3 aliphatic rings. The largest absolute Gasteiger partial charge is 0.481 e. The number of carboxylic acids is 1. The molecule has 2 bridgehead atoms. The third-order valence-electron chi connectivity index (χ3n) is 4.77. The van der Waals surface area contributed by atoms with Crippen LogP contribution in [0.15, 0.2) is 12.2 Å². The molecule has 5 atom stereocenters. The topological polar surface area (TPSA) is 57.6 Å². The second kappa shape index (κ2) is 4.11. The number of allylic oxidation sites excluding steroid dienone is 2. The van der Waals surface area contributed by atoms with Gasteiger partial charge in [-0.05, 0) is 30.6 Å². The molecule has 4 heteroatoms. The van der Waals surface area contributed by atoms with Crippen LogP contribution in [0.2, 0.25) is 0 Å². The van der Waals surface area contributed by atoms with E-state index in [0.717, 1.165) is 25.9 Å². The lowest BCUT2D eigenvalue weighted by molar-refractivity contribution is -0.150. The normalized spacial score (nSPS) is 41.6. The van der Waals surface area contributed by atoms with Crippen molar-refractivity contribution >= 4 is 11.9 Å². The number of rotatable bonds is 2. The zero-order valence-electron chi connectivity index (χ0n) is 10.6. The van der Waals surface area contributed by atoms with Gasteiger partial charge in [-0.2, -0.15) is 0 Å². The van der Waals surface area contributed by atoms with E-state index in [-0.39, 0.29) is 23.7 Å². The maximum Gasteiger partial charge on any atom is 0.307 e. The minimum absolute atomic E-state index is 0.0708. The Bertz CT molecular complexity index is 417. The highest BCUT2D eigenvalue weighted by Crippen LogP contribution is 2.49. The SMILES string of the molecule is CC1CCN(C(=O)[C@H]2C3C=CC(C3)[C@H]2C(=O)O)C1. The van der Waals surface area contributed by atoms with E-state index < -0.39 is 11.9 Å².